The Labute approximate surface area is 117 Å². The topological polar surface area (TPSA) is 107 Å². The summed E-state index contributed by atoms with van der Waals surface area (Å²) in [6.07, 6.45) is 0.605. The number of nitrogens with zero attached hydrogens (tertiary/aromatic N) is 2. The monoisotopic (exact) mass is 307 g/mol. The fraction of sp³-hybridized carbons (Fsp3) is 0.400. The molecule has 0 amide bonds. The first-order chi connectivity index (χ1) is 8.41. The highest BCUT2D eigenvalue weighted by Crippen LogP contribution is 2.23. The lowest BCUT2D eigenvalue weighted by atomic mass is 10.3. The molecule has 0 spiro atoms. The molecule has 106 valence electrons. The van der Waals surface area contributed by atoms with Crippen LogP contribution in [-0.2, 0) is 10.0 Å². The Balaban J connectivity index is 0.00000180. The fourth-order valence-electron chi connectivity index (χ4n) is 1.88. The molecule has 1 saturated heterocycles. The average Bonchev–Trinajstić information content (AvgIpc) is 2.77. The number of hydrogen-bond donors (Lipinski definition) is 1. The number of nitrogens with two attached hydrogens (primary N) is 1. The van der Waals surface area contributed by atoms with Crippen molar-refractivity contribution in [1.82, 2.24) is 4.31 Å². The summed E-state index contributed by atoms with van der Waals surface area (Å²) in [7, 11) is -3.68. The van der Waals surface area contributed by atoms with Gasteiger partial charge >= 0.3 is 0 Å². The van der Waals surface area contributed by atoms with E-state index >= 15 is 0 Å². The Morgan fingerprint density at radius 2 is 2.11 bits per heavy atom. The molecule has 1 aliphatic rings. The van der Waals surface area contributed by atoms with Gasteiger partial charge in [-0.25, -0.2) is 8.42 Å². The van der Waals surface area contributed by atoms with E-state index < -0.39 is 14.9 Å². The summed E-state index contributed by atoms with van der Waals surface area (Å²) in [4.78, 5) is 9.95. The maximum Gasteiger partial charge on any atom is 0.270 e. The first-order valence-corrected chi connectivity index (χ1v) is 6.85. The largest absolute Gasteiger partial charge is 0.326 e. The van der Waals surface area contributed by atoms with E-state index in [4.69, 9.17) is 5.73 Å². The number of halogens is 1. The molecular weight excluding hydrogens is 294 g/mol. The Morgan fingerprint density at radius 1 is 1.42 bits per heavy atom. The van der Waals surface area contributed by atoms with E-state index in [-0.39, 0.29) is 35.6 Å². The molecule has 1 fully saturated rings. The van der Waals surface area contributed by atoms with Crippen molar-refractivity contribution < 1.29 is 13.3 Å². The fourth-order valence-corrected chi connectivity index (χ4v) is 3.43. The van der Waals surface area contributed by atoms with Gasteiger partial charge in [-0.3, -0.25) is 10.1 Å². The number of sulfonamides is 1. The molecule has 0 radical (unpaired) electrons. The third-order valence-electron chi connectivity index (χ3n) is 2.85. The summed E-state index contributed by atoms with van der Waals surface area (Å²) in [6, 6.07) is 4.87. The van der Waals surface area contributed by atoms with Crippen LogP contribution in [0.3, 0.4) is 0 Å². The van der Waals surface area contributed by atoms with Crippen LogP contribution in [0.2, 0.25) is 0 Å². The van der Waals surface area contributed by atoms with E-state index in [9.17, 15) is 18.5 Å². The number of nitro groups is 1. The molecule has 2 rings (SSSR count). The minimum atomic E-state index is -3.68. The van der Waals surface area contributed by atoms with Crippen LogP contribution in [0.5, 0.6) is 0 Å². The SMILES string of the molecule is Cl.N[C@@H]1CCN(S(=O)(=O)c2cccc([N+](=O)[O-])c2)C1. The molecule has 1 atom stereocenters. The zero-order valence-corrected chi connectivity index (χ0v) is 11.6. The van der Waals surface area contributed by atoms with Gasteiger partial charge < -0.3 is 5.73 Å². The number of nitro benzene ring substituents is 1. The van der Waals surface area contributed by atoms with Crippen LogP contribution in [0.25, 0.3) is 0 Å². The highest BCUT2D eigenvalue weighted by molar-refractivity contribution is 7.89. The van der Waals surface area contributed by atoms with Crippen molar-refractivity contribution in [3.8, 4) is 0 Å². The summed E-state index contributed by atoms with van der Waals surface area (Å²) < 4.78 is 25.7. The first-order valence-electron chi connectivity index (χ1n) is 5.41. The number of rotatable bonds is 3. The van der Waals surface area contributed by atoms with Crippen LogP contribution in [0.1, 0.15) is 6.42 Å². The Morgan fingerprint density at radius 3 is 2.63 bits per heavy atom. The highest BCUT2D eigenvalue weighted by Gasteiger charge is 2.31. The van der Waals surface area contributed by atoms with Gasteiger partial charge in [0.1, 0.15) is 0 Å². The molecule has 1 aromatic carbocycles. The molecule has 7 nitrogen and oxygen atoms in total. The van der Waals surface area contributed by atoms with Gasteiger partial charge in [0.2, 0.25) is 10.0 Å². The Kier molecular flexibility index (Phi) is 4.86. The summed E-state index contributed by atoms with van der Waals surface area (Å²) in [5.74, 6) is 0. The first kappa shape index (κ1) is 15.8. The minimum Gasteiger partial charge on any atom is -0.326 e. The average molecular weight is 308 g/mol. The molecule has 1 aromatic rings. The predicted molar refractivity (Wildman–Crippen MR) is 71.7 cm³/mol. The summed E-state index contributed by atoms with van der Waals surface area (Å²) in [5, 5.41) is 10.6. The molecule has 0 saturated carbocycles. The van der Waals surface area contributed by atoms with Crippen molar-refractivity contribution in [3.05, 3.63) is 34.4 Å². The van der Waals surface area contributed by atoms with Gasteiger partial charge in [0, 0.05) is 31.3 Å². The second-order valence-electron chi connectivity index (χ2n) is 4.17. The molecule has 0 unspecified atom stereocenters. The van der Waals surface area contributed by atoms with E-state index in [1.54, 1.807) is 0 Å². The van der Waals surface area contributed by atoms with Gasteiger partial charge in [-0.2, -0.15) is 4.31 Å². The zero-order valence-electron chi connectivity index (χ0n) is 9.93. The van der Waals surface area contributed by atoms with Crippen molar-refractivity contribution in [2.24, 2.45) is 5.73 Å². The molecule has 9 heteroatoms. The second kappa shape index (κ2) is 5.83. The third-order valence-corrected chi connectivity index (χ3v) is 4.71. The molecule has 19 heavy (non-hydrogen) atoms. The smallest absolute Gasteiger partial charge is 0.270 e. The van der Waals surface area contributed by atoms with Crippen molar-refractivity contribution in [2.75, 3.05) is 13.1 Å². The van der Waals surface area contributed by atoms with Gasteiger partial charge in [0.15, 0.2) is 0 Å². The minimum absolute atomic E-state index is 0. The van der Waals surface area contributed by atoms with Crippen LogP contribution in [0, 0.1) is 10.1 Å². The molecule has 2 N–H and O–H groups in total. The maximum atomic E-state index is 12.2. The standard InChI is InChI=1S/C10H13N3O4S.ClH/c11-8-4-5-12(7-8)18(16,17)10-3-1-2-9(6-10)13(14)15;/h1-3,6,8H,4-5,7,11H2;1H/t8-;/m1./s1. The van der Waals surface area contributed by atoms with Crippen LogP contribution < -0.4 is 5.73 Å². The van der Waals surface area contributed by atoms with Crippen molar-refractivity contribution >= 4 is 28.1 Å². The molecule has 0 bridgehead atoms. The third kappa shape index (κ3) is 3.21. The van der Waals surface area contributed by atoms with Gasteiger partial charge in [0.25, 0.3) is 5.69 Å². The van der Waals surface area contributed by atoms with E-state index in [0.717, 1.165) is 6.07 Å². The van der Waals surface area contributed by atoms with Crippen LogP contribution in [0.15, 0.2) is 29.2 Å². The quantitative estimate of drug-likeness (QED) is 0.654. The molecule has 1 aliphatic heterocycles. The number of benzene rings is 1. The lowest BCUT2D eigenvalue weighted by Gasteiger charge is -2.15. The lowest BCUT2D eigenvalue weighted by molar-refractivity contribution is -0.385. The normalized spacial score (nSPS) is 19.9. The van der Waals surface area contributed by atoms with Gasteiger partial charge in [-0.05, 0) is 12.5 Å². The Bertz CT molecular complexity index is 578. The van der Waals surface area contributed by atoms with E-state index in [2.05, 4.69) is 0 Å². The van der Waals surface area contributed by atoms with Gasteiger partial charge in [-0.15, -0.1) is 12.4 Å². The lowest BCUT2D eigenvalue weighted by Crippen LogP contribution is -2.31. The zero-order chi connectivity index (χ0) is 13.3. The molecule has 1 heterocycles. The Hall–Kier alpha value is -1.22. The highest BCUT2D eigenvalue weighted by atomic mass is 35.5. The van der Waals surface area contributed by atoms with Crippen LogP contribution in [-0.4, -0.2) is 36.8 Å². The second-order valence-corrected chi connectivity index (χ2v) is 6.10. The predicted octanol–water partition coefficient (Wildman–Crippen LogP) is 0.738. The number of non-ortho nitro benzene ring substituents is 1. The summed E-state index contributed by atoms with van der Waals surface area (Å²) >= 11 is 0. The summed E-state index contributed by atoms with van der Waals surface area (Å²) in [6.45, 7) is 0.608. The molecular formula is C10H14ClN3O4S. The maximum absolute atomic E-state index is 12.2. The van der Waals surface area contributed by atoms with Crippen molar-refractivity contribution in [2.45, 2.75) is 17.4 Å². The van der Waals surface area contributed by atoms with Gasteiger partial charge in [-0.1, -0.05) is 6.07 Å². The van der Waals surface area contributed by atoms with E-state index in [0.29, 0.717) is 13.0 Å². The summed E-state index contributed by atoms with van der Waals surface area (Å²) in [5.41, 5.74) is 5.43. The van der Waals surface area contributed by atoms with Crippen molar-refractivity contribution in [1.29, 1.82) is 0 Å². The van der Waals surface area contributed by atoms with Crippen molar-refractivity contribution in [3.63, 3.8) is 0 Å². The van der Waals surface area contributed by atoms with Gasteiger partial charge in [0.05, 0.1) is 9.82 Å². The van der Waals surface area contributed by atoms with Crippen LogP contribution in [0.4, 0.5) is 5.69 Å². The molecule has 0 aliphatic carbocycles. The van der Waals surface area contributed by atoms with E-state index in [1.807, 2.05) is 0 Å². The number of hydrogen-bond acceptors (Lipinski definition) is 5. The van der Waals surface area contributed by atoms with E-state index in [1.165, 1.54) is 22.5 Å². The van der Waals surface area contributed by atoms with Crippen LogP contribution >= 0.6 is 12.4 Å². The molecule has 0 aromatic heterocycles.